The lowest BCUT2D eigenvalue weighted by atomic mass is 9.72. The second-order valence-corrected chi connectivity index (χ2v) is 8.67. The number of nitrogens with zero attached hydrogens (tertiary/aromatic N) is 6. The molecule has 1 spiro atoms. The summed E-state index contributed by atoms with van der Waals surface area (Å²) in [7, 11) is 2.18. The number of hydrogen-bond acceptors (Lipinski definition) is 9. The van der Waals surface area contributed by atoms with Gasteiger partial charge in [0.25, 0.3) is 0 Å². The maximum absolute atomic E-state index is 10.6. The van der Waals surface area contributed by atoms with Gasteiger partial charge in [-0.2, -0.15) is 13.2 Å². The zero-order chi connectivity index (χ0) is 25.2. The molecule has 2 fully saturated rings. The van der Waals surface area contributed by atoms with Crippen LogP contribution in [0.2, 0.25) is 0 Å². The molecule has 2 aromatic heterocycles. The maximum atomic E-state index is 10.6. The largest absolute Gasteiger partial charge is 0.507 e. The van der Waals surface area contributed by atoms with Gasteiger partial charge in [-0.3, -0.25) is 0 Å². The van der Waals surface area contributed by atoms with E-state index in [1.54, 1.807) is 24.5 Å². The van der Waals surface area contributed by atoms with Gasteiger partial charge in [0, 0.05) is 29.6 Å². The van der Waals surface area contributed by atoms with Crippen LogP contribution in [0.5, 0.6) is 5.75 Å². The minimum atomic E-state index is -5.08. The molecule has 2 N–H and O–H groups in total. The molecule has 186 valence electrons. The smallest absolute Gasteiger partial charge is 0.490 e. The molecule has 2 saturated heterocycles. The molecule has 1 aromatic carbocycles. The second kappa shape index (κ2) is 9.49. The average molecular weight is 492 g/mol. The second-order valence-electron chi connectivity index (χ2n) is 8.67. The Kier molecular flexibility index (Phi) is 6.61. The minimum Gasteiger partial charge on any atom is -0.507 e. The molecule has 2 aliphatic rings. The molecule has 13 heteroatoms. The van der Waals surface area contributed by atoms with Gasteiger partial charge in [-0.15, -0.1) is 10.2 Å². The highest BCUT2D eigenvalue weighted by atomic mass is 19.4. The summed E-state index contributed by atoms with van der Waals surface area (Å²) in [5.41, 5.74) is 2.24. The molecule has 0 amide bonds. The van der Waals surface area contributed by atoms with Crippen molar-refractivity contribution in [3.05, 3.63) is 36.9 Å². The van der Waals surface area contributed by atoms with E-state index >= 15 is 0 Å². The first-order valence-electron chi connectivity index (χ1n) is 10.7. The molecular formula is C22H23F3N6O4. The Morgan fingerprint density at radius 2 is 1.83 bits per heavy atom. The van der Waals surface area contributed by atoms with Crippen LogP contribution in [0.4, 0.5) is 19.1 Å². The van der Waals surface area contributed by atoms with Crippen molar-refractivity contribution in [1.82, 2.24) is 25.1 Å². The highest BCUT2D eigenvalue weighted by molar-refractivity contribution is 5.73. The van der Waals surface area contributed by atoms with Gasteiger partial charge in [-0.25, -0.2) is 14.8 Å². The number of likely N-dealkylation sites (tertiary alicyclic amines) is 1. The first-order valence-corrected chi connectivity index (χ1v) is 10.7. The summed E-state index contributed by atoms with van der Waals surface area (Å²) in [4.78, 5) is 22.0. The van der Waals surface area contributed by atoms with Crippen LogP contribution in [-0.2, 0) is 4.79 Å². The molecule has 4 heterocycles. The van der Waals surface area contributed by atoms with Crippen LogP contribution in [0.1, 0.15) is 12.8 Å². The van der Waals surface area contributed by atoms with Gasteiger partial charge in [-0.1, -0.05) is 0 Å². The van der Waals surface area contributed by atoms with Crippen LogP contribution in [0, 0.1) is 5.41 Å². The lowest BCUT2D eigenvalue weighted by Crippen LogP contribution is -2.60. The number of halogens is 3. The van der Waals surface area contributed by atoms with Gasteiger partial charge in [0.05, 0.1) is 12.4 Å². The molecule has 0 unspecified atom stereocenters. The SMILES string of the molecule is CN1CCC2(CC1)CN(c1ncc(-c3ccc(-c4ncco4)cc3O)nn1)C2.O=C(O)C(F)(F)F. The van der Waals surface area contributed by atoms with Crippen LogP contribution in [0.25, 0.3) is 22.7 Å². The first kappa shape index (κ1) is 24.4. The summed E-state index contributed by atoms with van der Waals surface area (Å²) in [5, 5.41) is 26.1. The molecule has 10 nitrogen and oxygen atoms in total. The number of rotatable bonds is 3. The van der Waals surface area contributed by atoms with Crippen LogP contribution in [-0.4, -0.2) is 80.7 Å². The Labute approximate surface area is 198 Å². The fourth-order valence-electron chi connectivity index (χ4n) is 4.10. The molecule has 5 rings (SSSR count). The van der Waals surface area contributed by atoms with Crippen molar-refractivity contribution >= 4 is 11.9 Å². The predicted octanol–water partition coefficient (Wildman–Crippen LogP) is 3.06. The van der Waals surface area contributed by atoms with Crippen LogP contribution >= 0.6 is 0 Å². The topological polar surface area (TPSA) is 129 Å². The number of benzene rings is 1. The van der Waals surface area contributed by atoms with Gasteiger partial charge in [0.1, 0.15) is 17.7 Å². The summed E-state index contributed by atoms with van der Waals surface area (Å²) in [5.74, 6) is -1.55. The normalized spacial score (nSPS) is 17.4. The Bertz CT molecular complexity index is 1150. The zero-order valence-corrected chi connectivity index (χ0v) is 18.7. The fraction of sp³-hybridized carbons (Fsp3) is 0.409. The molecule has 0 bridgehead atoms. The number of phenolic OH excluding ortho intramolecular Hbond substituents is 1. The fourth-order valence-corrected chi connectivity index (χ4v) is 4.10. The van der Waals surface area contributed by atoms with E-state index in [0.717, 1.165) is 26.2 Å². The van der Waals surface area contributed by atoms with Gasteiger partial charge >= 0.3 is 12.1 Å². The van der Waals surface area contributed by atoms with Crippen LogP contribution in [0.3, 0.4) is 0 Å². The molecule has 0 aliphatic carbocycles. The van der Waals surface area contributed by atoms with E-state index in [2.05, 4.69) is 37.0 Å². The molecular weight excluding hydrogens is 469 g/mol. The number of carboxylic acid groups (broad SMARTS) is 1. The number of aromatic nitrogens is 4. The van der Waals surface area contributed by atoms with E-state index in [4.69, 9.17) is 14.3 Å². The molecule has 0 radical (unpaired) electrons. The standard InChI is InChI=1S/C20H22N6O2.C2HF3O2/c1-25-7-4-20(5-8-25)12-26(13-20)19-22-11-16(23-24-19)15-3-2-14(10-17(15)27)18-21-6-9-28-18;3-2(4,5)1(6)7/h2-3,6,9-11,27H,4-5,7-8,12-13H2,1H3;(H,6,7). The lowest BCUT2D eigenvalue weighted by Gasteiger charge is -2.53. The summed E-state index contributed by atoms with van der Waals surface area (Å²) in [6.07, 6.45) is 2.12. The average Bonchev–Trinajstić information content (AvgIpc) is 3.33. The third-order valence-corrected chi connectivity index (χ3v) is 6.13. The number of carbonyl (C=O) groups is 1. The van der Waals surface area contributed by atoms with Crippen molar-refractivity contribution in [3.8, 4) is 28.5 Å². The predicted molar refractivity (Wildman–Crippen MR) is 117 cm³/mol. The Balaban J connectivity index is 0.000000364. The van der Waals surface area contributed by atoms with Crippen LogP contribution in [0.15, 0.2) is 41.3 Å². The third-order valence-electron chi connectivity index (χ3n) is 6.13. The van der Waals surface area contributed by atoms with Gasteiger partial charge in [0.15, 0.2) is 0 Å². The van der Waals surface area contributed by atoms with Crippen molar-refractivity contribution in [2.24, 2.45) is 5.41 Å². The van der Waals surface area contributed by atoms with Crippen molar-refractivity contribution in [1.29, 1.82) is 0 Å². The summed E-state index contributed by atoms with van der Waals surface area (Å²) >= 11 is 0. The monoisotopic (exact) mass is 492 g/mol. The Morgan fingerprint density at radius 3 is 2.34 bits per heavy atom. The number of hydrogen-bond donors (Lipinski definition) is 2. The number of aliphatic carboxylic acids is 1. The number of alkyl halides is 3. The van der Waals surface area contributed by atoms with E-state index in [0.29, 0.717) is 34.1 Å². The van der Waals surface area contributed by atoms with E-state index in [-0.39, 0.29) is 5.75 Å². The zero-order valence-electron chi connectivity index (χ0n) is 18.7. The number of carboxylic acids is 1. The third kappa shape index (κ3) is 5.50. The molecule has 3 aromatic rings. The summed E-state index contributed by atoms with van der Waals surface area (Å²) in [6.45, 7) is 4.32. The molecule has 2 aliphatic heterocycles. The van der Waals surface area contributed by atoms with E-state index in [1.165, 1.54) is 19.1 Å². The van der Waals surface area contributed by atoms with E-state index in [9.17, 15) is 18.3 Å². The van der Waals surface area contributed by atoms with Crippen molar-refractivity contribution in [3.63, 3.8) is 0 Å². The maximum Gasteiger partial charge on any atom is 0.490 e. The van der Waals surface area contributed by atoms with Crippen molar-refractivity contribution in [2.75, 3.05) is 38.1 Å². The highest BCUT2D eigenvalue weighted by Gasteiger charge is 2.45. The minimum absolute atomic E-state index is 0.0915. The number of phenols is 1. The molecule has 0 saturated carbocycles. The number of anilines is 1. The summed E-state index contributed by atoms with van der Waals surface area (Å²) < 4.78 is 37.0. The first-order chi connectivity index (χ1) is 16.6. The number of oxazole rings is 1. The van der Waals surface area contributed by atoms with Crippen molar-refractivity contribution < 1.29 is 32.6 Å². The highest BCUT2D eigenvalue weighted by Crippen LogP contribution is 2.41. The molecule has 35 heavy (non-hydrogen) atoms. The molecule has 0 atom stereocenters. The Hall–Kier alpha value is -3.74. The van der Waals surface area contributed by atoms with Gasteiger partial charge in [0.2, 0.25) is 11.8 Å². The van der Waals surface area contributed by atoms with E-state index < -0.39 is 12.1 Å². The summed E-state index contributed by atoms with van der Waals surface area (Å²) in [6, 6.07) is 5.21. The van der Waals surface area contributed by atoms with E-state index in [1.807, 2.05) is 6.07 Å². The van der Waals surface area contributed by atoms with Crippen molar-refractivity contribution in [2.45, 2.75) is 19.0 Å². The van der Waals surface area contributed by atoms with Gasteiger partial charge in [-0.05, 0) is 51.2 Å². The number of aromatic hydroxyl groups is 1. The number of piperidine rings is 1. The van der Waals surface area contributed by atoms with Crippen LogP contribution < -0.4 is 4.90 Å². The Morgan fingerprint density at radius 1 is 1.14 bits per heavy atom. The quantitative estimate of drug-likeness (QED) is 0.563. The lowest BCUT2D eigenvalue weighted by molar-refractivity contribution is -0.192. The van der Waals surface area contributed by atoms with Gasteiger partial charge < -0.3 is 24.4 Å².